The number of hydrogen-bond donors (Lipinski definition) is 2. The fraction of sp³-hybridized carbons (Fsp3) is 0.846. The minimum Gasteiger partial charge on any atom is -0.469 e. The summed E-state index contributed by atoms with van der Waals surface area (Å²) in [6, 6.07) is -0.563. The summed E-state index contributed by atoms with van der Waals surface area (Å²) in [4.78, 5) is 24.6. The van der Waals surface area contributed by atoms with Crippen molar-refractivity contribution in [3.05, 3.63) is 0 Å². The molecule has 1 fully saturated rings. The molecule has 1 aliphatic rings. The van der Waals surface area contributed by atoms with Gasteiger partial charge in [-0.25, -0.2) is 0 Å². The molecule has 5 nitrogen and oxygen atoms in total. The van der Waals surface area contributed by atoms with Crippen LogP contribution in [0.4, 0.5) is 0 Å². The minimum absolute atomic E-state index is 0.0422. The van der Waals surface area contributed by atoms with Gasteiger partial charge < -0.3 is 15.8 Å². The standard InChI is InChI=1S/C13H24N2O3/c1-9(14)10(16)13(5-7-15-8-6-13)12(2,3)11(17)18-4/h9,15H,5-8,14H2,1-4H3/t9-/m0/s1. The van der Waals surface area contributed by atoms with Crippen LogP contribution in [0, 0.1) is 10.8 Å². The molecule has 104 valence electrons. The molecule has 3 N–H and O–H groups in total. The van der Waals surface area contributed by atoms with Gasteiger partial charge in [-0.05, 0) is 46.7 Å². The van der Waals surface area contributed by atoms with Crippen LogP contribution in [0.5, 0.6) is 0 Å². The summed E-state index contributed by atoms with van der Waals surface area (Å²) in [7, 11) is 1.36. The molecule has 5 heteroatoms. The Hall–Kier alpha value is -0.940. The molecule has 0 spiro atoms. The first-order chi connectivity index (χ1) is 8.29. The molecule has 0 aromatic heterocycles. The summed E-state index contributed by atoms with van der Waals surface area (Å²) in [5, 5.41) is 3.22. The molecule has 0 aliphatic carbocycles. The molecule has 1 atom stereocenters. The van der Waals surface area contributed by atoms with Crippen molar-refractivity contribution >= 4 is 11.8 Å². The van der Waals surface area contributed by atoms with Crippen LogP contribution in [0.3, 0.4) is 0 Å². The molecule has 0 aromatic carbocycles. The zero-order valence-electron chi connectivity index (χ0n) is 11.7. The van der Waals surface area contributed by atoms with Crippen LogP contribution in [0.25, 0.3) is 0 Å². The Balaban J connectivity index is 3.19. The van der Waals surface area contributed by atoms with Gasteiger partial charge in [-0.1, -0.05) is 0 Å². The molecule has 0 unspecified atom stereocenters. The largest absolute Gasteiger partial charge is 0.469 e. The molecule has 0 saturated carbocycles. The topological polar surface area (TPSA) is 81.4 Å². The highest BCUT2D eigenvalue weighted by atomic mass is 16.5. The zero-order valence-corrected chi connectivity index (χ0v) is 11.7. The maximum absolute atomic E-state index is 12.5. The molecule has 1 rings (SSSR count). The second kappa shape index (κ2) is 5.36. The Morgan fingerprint density at radius 2 is 1.83 bits per heavy atom. The lowest BCUT2D eigenvalue weighted by molar-refractivity contribution is -0.166. The van der Waals surface area contributed by atoms with Gasteiger partial charge in [0.1, 0.15) is 0 Å². The molecule has 1 saturated heterocycles. The van der Waals surface area contributed by atoms with Crippen molar-refractivity contribution in [2.45, 2.75) is 39.7 Å². The van der Waals surface area contributed by atoms with E-state index in [0.717, 1.165) is 13.1 Å². The molecule has 0 radical (unpaired) electrons. The van der Waals surface area contributed by atoms with Gasteiger partial charge in [-0.3, -0.25) is 9.59 Å². The molecular formula is C13H24N2O3. The first-order valence-corrected chi connectivity index (χ1v) is 6.38. The first kappa shape index (κ1) is 15.1. The van der Waals surface area contributed by atoms with E-state index in [1.54, 1.807) is 20.8 Å². The quantitative estimate of drug-likeness (QED) is 0.715. The van der Waals surface area contributed by atoms with Gasteiger partial charge in [0.25, 0.3) is 0 Å². The van der Waals surface area contributed by atoms with E-state index in [1.807, 2.05) is 0 Å². The summed E-state index contributed by atoms with van der Waals surface area (Å²) in [5.74, 6) is -0.391. The summed E-state index contributed by atoms with van der Waals surface area (Å²) >= 11 is 0. The summed E-state index contributed by atoms with van der Waals surface area (Å²) in [5.41, 5.74) is 4.19. The Morgan fingerprint density at radius 3 is 2.22 bits per heavy atom. The van der Waals surface area contributed by atoms with Crippen LogP contribution < -0.4 is 11.1 Å². The van der Waals surface area contributed by atoms with E-state index >= 15 is 0 Å². The molecule has 0 aromatic rings. The van der Waals surface area contributed by atoms with Gasteiger partial charge in [-0.2, -0.15) is 0 Å². The van der Waals surface area contributed by atoms with E-state index in [2.05, 4.69) is 5.32 Å². The Kier molecular flexibility index (Phi) is 4.50. The van der Waals surface area contributed by atoms with E-state index in [0.29, 0.717) is 12.8 Å². The van der Waals surface area contributed by atoms with Crippen LogP contribution >= 0.6 is 0 Å². The lowest BCUT2D eigenvalue weighted by atomic mass is 9.57. The fourth-order valence-corrected chi connectivity index (χ4v) is 2.92. The average Bonchev–Trinajstić information content (AvgIpc) is 2.37. The van der Waals surface area contributed by atoms with Crippen LogP contribution in [0.2, 0.25) is 0 Å². The van der Waals surface area contributed by atoms with E-state index in [4.69, 9.17) is 10.5 Å². The number of methoxy groups -OCH3 is 1. The maximum atomic E-state index is 12.5. The molecule has 18 heavy (non-hydrogen) atoms. The Labute approximate surface area is 108 Å². The molecular weight excluding hydrogens is 232 g/mol. The smallest absolute Gasteiger partial charge is 0.312 e. The number of nitrogens with one attached hydrogen (secondary N) is 1. The fourth-order valence-electron chi connectivity index (χ4n) is 2.92. The Morgan fingerprint density at radius 1 is 1.33 bits per heavy atom. The van der Waals surface area contributed by atoms with Crippen molar-refractivity contribution in [1.29, 1.82) is 0 Å². The SMILES string of the molecule is COC(=O)C(C)(C)C1(C(=O)[C@H](C)N)CCNCC1. The molecule has 0 amide bonds. The van der Waals surface area contributed by atoms with Crippen LogP contribution in [-0.4, -0.2) is 38.0 Å². The number of nitrogens with two attached hydrogens (primary N) is 1. The van der Waals surface area contributed by atoms with Crippen molar-refractivity contribution in [3.8, 4) is 0 Å². The van der Waals surface area contributed by atoms with Crippen molar-refractivity contribution in [2.75, 3.05) is 20.2 Å². The van der Waals surface area contributed by atoms with Crippen LogP contribution in [0.1, 0.15) is 33.6 Å². The number of carbonyl (C=O) groups is 2. The van der Waals surface area contributed by atoms with E-state index < -0.39 is 16.9 Å². The minimum atomic E-state index is -0.853. The maximum Gasteiger partial charge on any atom is 0.312 e. The Bertz CT molecular complexity index is 331. The van der Waals surface area contributed by atoms with E-state index in [9.17, 15) is 9.59 Å². The normalized spacial score (nSPS) is 21.2. The highest BCUT2D eigenvalue weighted by Crippen LogP contribution is 2.48. The highest BCUT2D eigenvalue weighted by molar-refractivity contribution is 5.95. The number of ether oxygens (including phenoxy) is 1. The number of ketones is 1. The summed E-state index contributed by atoms with van der Waals surface area (Å²) < 4.78 is 4.87. The number of carbonyl (C=O) groups excluding carboxylic acids is 2. The molecule has 1 aliphatic heterocycles. The molecule has 1 heterocycles. The average molecular weight is 256 g/mol. The van der Waals surface area contributed by atoms with Gasteiger partial charge in [0.05, 0.1) is 18.6 Å². The van der Waals surface area contributed by atoms with Crippen molar-refractivity contribution < 1.29 is 14.3 Å². The van der Waals surface area contributed by atoms with Gasteiger partial charge >= 0.3 is 5.97 Å². The third kappa shape index (κ3) is 2.29. The van der Waals surface area contributed by atoms with E-state index in [-0.39, 0.29) is 11.8 Å². The van der Waals surface area contributed by atoms with Gasteiger partial charge in [0.15, 0.2) is 5.78 Å². The van der Waals surface area contributed by atoms with Crippen LogP contribution in [0.15, 0.2) is 0 Å². The van der Waals surface area contributed by atoms with Crippen molar-refractivity contribution in [2.24, 2.45) is 16.6 Å². The number of rotatable bonds is 4. The lowest BCUT2D eigenvalue weighted by Crippen LogP contribution is -2.58. The number of Topliss-reactive ketones (excluding diaryl/α,β-unsaturated/α-hetero) is 1. The third-order valence-electron chi connectivity index (χ3n) is 4.23. The van der Waals surface area contributed by atoms with Gasteiger partial charge in [0, 0.05) is 5.41 Å². The number of hydrogen-bond acceptors (Lipinski definition) is 5. The van der Waals surface area contributed by atoms with Crippen molar-refractivity contribution in [1.82, 2.24) is 5.32 Å². The van der Waals surface area contributed by atoms with Gasteiger partial charge in [-0.15, -0.1) is 0 Å². The summed E-state index contributed by atoms with van der Waals surface area (Å²) in [6.45, 7) is 6.69. The second-order valence-electron chi connectivity index (χ2n) is 5.60. The highest BCUT2D eigenvalue weighted by Gasteiger charge is 2.56. The predicted octanol–water partition coefficient (Wildman–Crippen LogP) is 0.472. The first-order valence-electron chi connectivity index (χ1n) is 6.38. The number of piperidine rings is 1. The monoisotopic (exact) mass is 256 g/mol. The van der Waals surface area contributed by atoms with E-state index in [1.165, 1.54) is 7.11 Å². The third-order valence-corrected chi connectivity index (χ3v) is 4.23. The predicted molar refractivity (Wildman–Crippen MR) is 69.0 cm³/mol. The number of esters is 1. The second-order valence-corrected chi connectivity index (χ2v) is 5.60. The lowest BCUT2D eigenvalue weighted by Gasteiger charge is -2.47. The molecule has 0 bridgehead atoms. The van der Waals surface area contributed by atoms with Crippen molar-refractivity contribution in [3.63, 3.8) is 0 Å². The van der Waals surface area contributed by atoms with Crippen LogP contribution in [-0.2, 0) is 14.3 Å². The zero-order chi connectivity index (χ0) is 14.0. The van der Waals surface area contributed by atoms with Gasteiger partial charge in [0.2, 0.25) is 0 Å². The summed E-state index contributed by atoms with van der Waals surface area (Å²) in [6.07, 6.45) is 1.24.